The standard InChI is InChI=1S/C8H5N3O3/c12-11(13)7-3-4-9-8(10-7)6-2-1-5-14-6/h1-5H. The Hall–Kier alpha value is -2.24. The first-order valence-corrected chi connectivity index (χ1v) is 3.78. The maximum Gasteiger partial charge on any atom is 0.367 e. The van der Waals surface area contributed by atoms with Crippen LogP contribution >= 0.6 is 0 Å². The van der Waals surface area contributed by atoms with Crippen molar-refractivity contribution in [2.45, 2.75) is 0 Å². The van der Waals surface area contributed by atoms with Gasteiger partial charge in [-0.05, 0) is 22.0 Å². The minimum atomic E-state index is -0.575. The molecule has 0 unspecified atom stereocenters. The lowest BCUT2D eigenvalue weighted by atomic mass is 10.4. The van der Waals surface area contributed by atoms with E-state index in [0.29, 0.717) is 5.76 Å². The Balaban J connectivity index is 2.46. The monoisotopic (exact) mass is 191 g/mol. The molecule has 6 heteroatoms. The minimum Gasteiger partial charge on any atom is -0.459 e. The maximum absolute atomic E-state index is 10.4. The molecule has 0 fully saturated rings. The fraction of sp³-hybridized carbons (Fsp3) is 0. The van der Waals surface area contributed by atoms with Gasteiger partial charge in [-0.25, -0.2) is 4.98 Å². The van der Waals surface area contributed by atoms with Crippen molar-refractivity contribution in [3.05, 3.63) is 40.8 Å². The molecule has 2 aromatic heterocycles. The Morgan fingerprint density at radius 3 is 2.93 bits per heavy atom. The van der Waals surface area contributed by atoms with Gasteiger partial charge in [0.05, 0.1) is 12.3 Å². The summed E-state index contributed by atoms with van der Waals surface area (Å²) >= 11 is 0. The first-order chi connectivity index (χ1) is 6.77. The predicted molar refractivity (Wildman–Crippen MR) is 46.4 cm³/mol. The van der Waals surface area contributed by atoms with Crippen LogP contribution in [0.5, 0.6) is 0 Å². The zero-order chi connectivity index (χ0) is 9.97. The van der Waals surface area contributed by atoms with E-state index >= 15 is 0 Å². The third kappa shape index (κ3) is 1.45. The fourth-order valence-corrected chi connectivity index (χ4v) is 0.975. The summed E-state index contributed by atoms with van der Waals surface area (Å²) in [5, 5.41) is 10.4. The minimum absolute atomic E-state index is 0.212. The van der Waals surface area contributed by atoms with Gasteiger partial charge < -0.3 is 14.5 Å². The second kappa shape index (κ2) is 3.25. The zero-order valence-electron chi connectivity index (χ0n) is 6.95. The van der Waals surface area contributed by atoms with Gasteiger partial charge in [-0.1, -0.05) is 0 Å². The van der Waals surface area contributed by atoms with E-state index in [1.165, 1.54) is 18.5 Å². The summed E-state index contributed by atoms with van der Waals surface area (Å²) in [5.74, 6) is 0.379. The molecule has 6 nitrogen and oxygen atoms in total. The van der Waals surface area contributed by atoms with Crippen LogP contribution in [-0.4, -0.2) is 14.9 Å². The van der Waals surface area contributed by atoms with Gasteiger partial charge in [0.25, 0.3) is 0 Å². The topological polar surface area (TPSA) is 82.1 Å². The van der Waals surface area contributed by atoms with E-state index in [1.807, 2.05) is 0 Å². The van der Waals surface area contributed by atoms with Crippen molar-refractivity contribution in [2.24, 2.45) is 0 Å². The normalized spacial score (nSPS) is 10.0. The Morgan fingerprint density at radius 2 is 2.29 bits per heavy atom. The largest absolute Gasteiger partial charge is 0.459 e. The van der Waals surface area contributed by atoms with Crippen molar-refractivity contribution < 1.29 is 9.34 Å². The molecule has 0 aliphatic heterocycles. The van der Waals surface area contributed by atoms with E-state index in [4.69, 9.17) is 4.42 Å². The average Bonchev–Trinajstić information content (AvgIpc) is 2.71. The van der Waals surface area contributed by atoms with E-state index in [-0.39, 0.29) is 11.6 Å². The summed E-state index contributed by atoms with van der Waals surface area (Å²) in [5.41, 5.74) is 0. The van der Waals surface area contributed by atoms with E-state index in [0.717, 1.165) is 0 Å². The van der Waals surface area contributed by atoms with Crippen molar-refractivity contribution in [3.63, 3.8) is 0 Å². The highest BCUT2D eigenvalue weighted by Crippen LogP contribution is 2.16. The number of furan rings is 1. The van der Waals surface area contributed by atoms with Crippen LogP contribution < -0.4 is 0 Å². The Bertz CT molecular complexity index is 453. The van der Waals surface area contributed by atoms with Crippen molar-refractivity contribution in [1.82, 2.24) is 9.97 Å². The molecule has 0 radical (unpaired) electrons. The predicted octanol–water partition coefficient (Wildman–Crippen LogP) is 1.64. The number of nitro groups is 1. The highest BCUT2D eigenvalue weighted by atomic mass is 16.6. The summed E-state index contributed by atoms with van der Waals surface area (Å²) in [4.78, 5) is 17.4. The highest BCUT2D eigenvalue weighted by molar-refractivity contribution is 5.47. The SMILES string of the molecule is O=[N+]([O-])c1ccnc(-c2ccco2)n1. The van der Waals surface area contributed by atoms with Gasteiger partial charge >= 0.3 is 11.6 Å². The maximum atomic E-state index is 10.4. The number of rotatable bonds is 2. The first-order valence-electron chi connectivity index (χ1n) is 3.78. The molecule has 0 bridgehead atoms. The van der Waals surface area contributed by atoms with Crippen LogP contribution in [0.2, 0.25) is 0 Å². The smallest absolute Gasteiger partial charge is 0.367 e. The van der Waals surface area contributed by atoms with Crippen molar-refractivity contribution in [2.75, 3.05) is 0 Å². The van der Waals surface area contributed by atoms with Crippen LogP contribution in [0.4, 0.5) is 5.82 Å². The summed E-state index contributed by atoms with van der Waals surface area (Å²) < 4.78 is 5.01. The number of nitrogens with zero attached hydrogens (tertiary/aromatic N) is 3. The van der Waals surface area contributed by atoms with Crippen LogP contribution in [0, 0.1) is 10.1 Å². The van der Waals surface area contributed by atoms with Crippen LogP contribution in [0.3, 0.4) is 0 Å². The molecule has 0 aliphatic rings. The zero-order valence-corrected chi connectivity index (χ0v) is 6.95. The Kier molecular flexibility index (Phi) is 1.94. The Morgan fingerprint density at radius 1 is 1.43 bits per heavy atom. The van der Waals surface area contributed by atoms with Gasteiger partial charge in [0.2, 0.25) is 0 Å². The van der Waals surface area contributed by atoms with E-state index in [1.54, 1.807) is 12.1 Å². The highest BCUT2D eigenvalue weighted by Gasteiger charge is 2.14. The van der Waals surface area contributed by atoms with Crippen molar-refractivity contribution in [3.8, 4) is 11.6 Å². The molecule has 14 heavy (non-hydrogen) atoms. The van der Waals surface area contributed by atoms with Gasteiger partial charge in [-0.2, -0.15) is 0 Å². The quantitative estimate of drug-likeness (QED) is 0.532. The molecule has 0 amide bonds. The van der Waals surface area contributed by atoms with Gasteiger partial charge in [0, 0.05) is 6.20 Å². The molecule has 0 atom stereocenters. The molecule has 70 valence electrons. The molecular formula is C8H5N3O3. The molecular weight excluding hydrogens is 186 g/mol. The van der Waals surface area contributed by atoms with Crippen molar-refractivity contribution in [1.29, 1.82) is 0 Å². The molecule has 0 saturated carbocycles. The lowest BCUT2D eigenvalue weighted by Crippen LogP contribution is -1.94. The summed E-state index contributed by atoms with van der Waals surface area (Å²) in [7, 11) is 0. The summed E-state index contributed by atoms with van der Waals surface area (Å²) in [6, 6.07) is 4.53. The molecule has 0 spiro atoms. The molecule has 0 aliphatic carbocycles. The van der Waals surface area contributed by atoms with Gasteiger partial charge in [-0.3, -0.25) is 0 Å². The number of aromatic nitrogens is 2. The van der Waals surface area contributed by atoms with Gasteiger partial charge in [0.15, 0.2) is 5.76 Å². The van der Waals surface area contributed by atoms with Crippen LogP contribution in [0.25, 0.3) is 11.6 Å². The molecule has 0 aromatic carbocycles. The lowest BCUT2D eigenvalue weighted by Gasteiger charge is -1.91. The summed E-state index contributed by atoms with van der Waals surface area (Å²) in [6.07, 6.45) is 2.78. The second-order valence-corrected chi connectivity index (χ2v) is 2.47. The second-order valence-electron chi connectivity index (χ2n) is 2.47. The van der Waals surface area contributed by atoms with Crippen LogP contribution in [-0.2, 0) is 0 Å². The van der Waals surface area contributed by atoms with Crippen LogP contribution in [0.1, 0.15) is 0 Å². The molecule has 2 rings (SSSR count). The van der Waals surface area contributed by atoms with Crippen molar-refractivity contribution >= 4 is 5.82 Å². The fourth-order valence-electron chi connectivity index (χ4n) is 0.975. The van der Waals surface area contributed by atoms with Crippen LogP contribution in [0.15, 0.2) is 35.1 Å². The van der Waals surface area contributed by atoms with E-state index in [9.17, 15) is 10.1 Å². The number of hydrogen-bond acceptors (Lipinski definition) is 5. The molecule has 0 saturated heterocycles. The average molecular weight is 191 g/mol. The van der Waals surface area contributed by atoms with Gasteiger partial charge in [0.1, 0.15) is 0 Å². The lowest BCUT2D eigenvalue weighted by molar-refractivity contribution is -0.389. The van der Waals surface area contributed by atoms with E-state index < -0.39 is 4.92 Å². The van der Waals surface area contributed by atoms with E-state index in [2.05, 4.69) is 9.97 Å². The molecule has 2 heterocycles. The third-order valence-corrected chi connectivity index (χ3v) is 1.57. The molecule has 2 aromatic rings. The third-order valence-electron chi connectivity index (χ3n) is 1.57. The molecule has 0 N–H and O–H groups in total. The summed E-state index contributed by atoms with van der Waals surface area (Å²) in [6.45, 7) is 0. The van der Waals surface area contributed by atoms with Gasteiger partial charge in [-0.15, -0.1) is 0 Å². The number of hydrogen-bond donors (Lipinski definition) is 0. The Labute approximate surface area is 78.4 Å². The first kappa shape index (κ1) is 8.36.